The molecule has 2 heterocycles. The zero-order valence-corrected chi connectivity index (χ0v) is 30.0. The molecule has 2 aliphatic rings. The highest BCUT2D eigenvalue weighted by molar-refractivity contribution is 6.09. The Kier molecular flexibility index (Phi) is 7.07. The van der Waals surface area contributed by atoms with Crippen molar-refractivity contribution in [1.82, 2.24) is 9.55 Å². The van der Waals surface area contributed by atoms with Crippen molar-refractivity contribution in [2.45, 2.75) is 31.1 Å². The molecule has 2 heteroatoms. The lowest BCUT2D eigenvalue weighted by Crippen LogP contribution is -2.28. The average Bonchev–Trinajstić information content (AvgIpc) is 3.75. The van der Waals surface area contributed by atoms with Crippen LogP contribution >= 0.6 is 0 Å². The van der Waals surface area contributed by atoms with Crippen molar-refractivity contribution in [2.24, 2.45) is 0 Å². The molecule has 0 spiro atoms. The van der Waals surface area contributed by atoms with Gasteiger partial charge in [-0.05, 0) is 99.7 Å². The van der Waals surface area contributed by atoms with E-state index in [-0.39, 0.29) is 0 Å². The topological polar surface area (TPSA) is 17.8 Å². The Morgan fingerprint density at radius 1 is 0.481 bits per heavy atom. The number of pyridine rings is 1. The summed E-state index contributed by atoms with van der Waals surface area (Å²) in [5.41, 5.74) is 16.9. The zero-order chi connectivity index (χ0) is 35.6. The summed E-state index contributed by atoms with van der Waals surface area (Å²) >= 11 is 0. The first-order chi connectivity index (χ1) is 26.8. The lowest BCUT2D eigenvalue weighted by atomic mass is 9.67. The molecule has 2 nitrogen and oxygen atoms in total. The maximum atomic E-state index is 5.48. The van der Waals surface area contributed by atoms with Crippen molar-refractivity contribution < 1.29 is 0 Å². The second kappa shape index (κ2) is 12.3. The van der Waals surface area contributed by atoms with Crippen molar-refractivity contribution >= 4 is 21.7 Å². The quantitative estimate of drug-likeness (QED) is 0.176. The molecule has 0 radical (unpaired) electrons. The van der Waals surface area contributed by atoms with Gasteiger partial charge in [0.1, 0.15) is 0 Å². The summed E-state index contributed by atoms with van der Waals surface area (Å²) in [5, 5.41) is 4.06. The molecule has 0 saturated carbocycles. The second-order valence-electron chi connectivity index (χ2n) is 14.9. The fourth-order valence-corrected chi connectivity index (χ4v) is 9.76. The molecule has 0 atom stereocenters. The van der Waals surface area contributed by atoms with Gasteiger partial charge in [-0.1, -0.05) is 158 Å². The smallest absolute Gasteiger partial charge is 0.0730 e. The molecule has 256 valence electrons. The van der Waals surface area contributed by atoms with Gasteiger partial charge in [0.15, 0.2) is 0 Å². The molecule has 0 saturated heterocycles. The Hall–Kier alpha value is -6.51. The van der Waals surface area contributed by atoms with Crippen LogP contribution in [-0.2, 0) is 18.3 Å². The molecule has 0 aliphatic heterocycles. The maximum absolute atomic E-state index is 5.48. The Balaban J connectivity index is 1.19. The van der Waals surface area contributed by atoms with E-state index >= 15 is 0 Å². The SMILES string of the molecule is c1ccc(-c2cc(-n3c4c(c5c6ccccc6ccc53)CCCC4)cc(-c3ccc4c(c3)C(c3ccccc3)(c3ccccc3)c3ccccc3-4)n2)cc1. The summed E-state index contributed by atoms with van der Waals surface area (Å²) in [6.45, 7) is 0. The molecule has 0 N–H and O–H groups in total. The third-order valence-corrected chi connectivity index (χ3v) is 12.1. The molecule has 7 aromatic carbocycles. The summed E-state index contributed by atoms with van der Waals surface area (Å²) < 4.78 is 2.56. The van der Waals surface area contributed by atoms with E-state index < -0.39 is 5.41 Å². The van der Waals surface area contributed by atoms with E-state index in [0.717, 1.165) is 35.4 Å². The van der Waals surface area contributed by atoms with Gasteiger partial charge in [0, 0.05) is 22.2 Å². The van der Waals surface area contributed by atoms with Gasteiger partial charge in [-0.15, -0.1) is 0 Å². The highest BCUT2D eigenvalue weighted by Crippen LogP contribution is 2.56. The molecule has 2 aliphatic carbocycles. The first-order valence-corrected chi connectivity index (χ1v) is 19.3. The summed E-state index contributed by atoms with van der Waals surface area (Å²) in [7, 11) is 0. The molecule has 0 bridgehead atoms. The molecule has 0 fully saturated rings. The van der Waals surface area contributed by atoms with E-state index in [1.54, 1.807) is 0 Å². The van der Waals surface area contributed by atoms with Gasteiger partial charge in [0.2, 0.25) is 0 Å². The number of aryl methyl sites for hydroxylation is 1. The highest BCUT2D eigenvalue weighted by atomic mass is 15.0. The van der Waals surface area contributed by atoms with Crippen LogP contribution in [0.1, 0.15) is 46.4 Å². The fourth-order valence-electron chi connectivity index (χ4n) is 9.76. The third kappa shape index (κ3) is 4.56. The predicted molar refractivity (Wildman–Crippen MR) is 223 cm³/mol. The van der Waals surface area contributed by atoms with Crippen LogP contribution in [0, 0.1) is 0 Å². The summed E-state index contributed by atoms with van der Waals surface area (Å²) in [6, 6.07) is 67.0. The van der Waals surface area contributed by atoms with Gasteiger partial charge >= 0.3 is 0 Å². The highest BCUT2D eigenvalue weighted by Gasteiger charge is 2.46. The minimum absolute atomic E-state index is 0.471. The minimum Gasteiger partial charge on any atom is -0.313 e. The summed E-state index contributed by atoms with van der Waals surface area (Å²) in [5.74, 6) is 0. The molecule has 11 rings (SSSR count). The molecule has 0 unspecified atom stereocenters. The van der Waals surface area contributed by atoms with Crippen molar-refractivity contribution in [2.75, 3.05) is 0 Å². The largest absolute Gasteiger partial charge is 0.313 e. The maximum Gasteiger partial charge on any atom is 0.0730 e. The van der Waals surface area contributed by atoms with Gasteiger partial charge in [0.05, 0.1) is 28.0 Å². The van der Waals surface area contributed by atoms with Crippen molar-refractivity contribution in [3.63, 3.8) is 0 Å². The minimum atomic E-state index is -0.471. The number of hydrogen-bond donors (Lipinski definition) is 0. The van der Waals surface area contributed by atoms with E-state index in [1.165, 1.54) is 84.8 Å². The molecule has 54 heavy (non-hydrogen) atoms. The van der Waals surface area contributed by atoms with Gasteiger partial charge in [-0.3, -0.25) is 0 Å². The van der Waals surface area contributed by atoms with Crippen LogP contribution in [0.15, 0.2) is 182 Å². The van der Waals surface area contributed by atoms with Gasteiger partial charge in [-0.25, -0.2) is 4.98 Å². The number of nitrogens with zero attached hydrogens (tertiary/aromatic N) is 2. The Bertz CT molecular complexity index is 2830. The lowest BCUT2D eigenvalue weighted by molar-refractivity contribution is 0.667. The number of rotatable bonds is 5. The van der Waals surface area contributed by atoms with E-state index in [9.17, 15) is 0 Å². The zero-order valence-electron chi connectivity index (χ0n) is 30.0. The molecule has 9 aromatic rings. The van der Waals surface area contributed by atoms with Crippen LogP contribution in [0.4, 0.5) is 0 Å². The van der Waals surface area contributed by atoms with E-state index in [2.05, 4.69) is 187 Å². The first-order valence-electron chi connectivity index (χ1n) is 19.3. The second-order valence-corrected chi connectivity index (χ2v) is 14.9. The Morgan fingerprint density at radius 2 is 1.11 bits per heavy atom. The van der Waals surface area contributed by atoms with Crippen LogP contribution < -0.4 is 0 Å². The normalized spacial score (nSPS) is 14.1. The van der Waals surface area contributed by atoms with Gasteiger partial charge < -0.3 is 4.57 Å². The fraction of sp³-hybridized carbons (Fsp3) is 0.0962. The number of fused-ring (bicyclic) bond motifs is 8. The van der Waals surface area contributed by atoms with Crippen LogP contribution in [0.2, 0.25) is 0 Å². The van der Waals surface area contributed by atoms with Crippen LogP contribution in [0.3, 0.4) is 0 Å². The van der Waals surface area contributed by atoms with Crippen molar-refractivity contribution in [1.29, 1.82) is 0 Å². The van der Waals surface area contributed by atoms with Crippen LogP contribution in [0.25, 0.3) is 61.0 Å². The summed E-state index contributed by atoms with van der Waals surface area (Å²) in [4.78, 5) is 5.48. The van der Waals surface area contributed by atoms with Crippen LogP contribution in [0.5, 0.6) is 0 Å². The predicted octanol–water partition coefficient (Wildman–Crippen LogP) is 12.8. The van der Waals surface area contributed by atoms with E-state index in [1.807, 2.05) is 0 Å². The third-order valence-electron chi connectivity index (χ3n) is 12.1. The van der Waals surface area contributed by atoms with Crippen molar-refractivity contribution in [3.8, 4) is 39.3 Å². The van der Waals surface area contributed by atoms with Gasteiger partial charge in [-0.2, -0.15) is 0 Å². The number of aromatic nitrogens is 2. The number of hydrogen-bond acceptors (Lipinski definition) is 1. The average molecular weight is 691 g/mol. The van der Waals surface area contributed by atoms with E-state index in [4.69, 9.17) is 4.98 Å². The standard InChI is InChI=1S/C52H38N2/c1-4-17-36(18-5-1)47-33-40(54-49-27-15-13-25-44(49)51-41-23-11-10-16-35(41)29-31-50(51)54)34-48(53-47)37-28-30-43-42-24-12-14-26-45(42)52(46(43)32-37,38-19-6-2-7-20-38)39-21-8-3-9-22-39/h1-12,14,16-24,26,28-34H,13,15,25,27H2. The number of benzene rings is 7. The van der Waals surface area contributed by atoms with Crippen molar-refractivity contribution in [3.05, 3.63) is 216 Å². The first kappa shape index (κ1) is 31.1. The molecule has 0 amide bonds. The molecular weight excluding hydrogens is 653 g/mol. The van der Waals surface area contributed by atoms with Crippen LogP contribution in [-0.4, -0.2) is 9.55 Å². The van der Waals surface area contributed by atoms with Gasteiger partial charge in [0.25, 0.3) is 0 Å². The Morgan fingerprint density at radius 3 is 1.89 bits per heavy atom. The Labute approximate surface area is 316 Å². The lowest BCUT2D eigenvalue weighted by Gasteiger charge is -2.34. The molecular formula is C52H38N2. The molecule has 2 aromatic heterocycles. The van der Waals surface area contributed by atoms with E-state index in [0.29, 0.717) is 0 Å². The summed E-state index contributed by atoms with van der Waals surface area (Å²) in [6.07, 6.45) is 4.62. The monoisotopic (exact) mass is 690 g/mol.